The summed E-state index contributed by atoms with van der Waals surface area (Å²) in [6, 6.07) is 15.6. The Bertz CT molecular complexity index is 497. The van der Waals surface area contributed by atoms with Gasteiger partial charge >= 0.3 is 0 Å². The van der Waals surface area contributed by atoms with Crippen molar-refractivity contribution < 1.29 is 9.47 Å². The average Bonchev–Trinajstić information content (AvgIpc) is 2.40. The second-order valence-corrected chi connectivity index (χ2v) is 4.12. The van der Waals surface area contributed by atoms with E-state index in [-0.39, 0.29) is 6.79 Å². The fraction of sp³-hybridized carbons (Fsp3) is 0.200. The van der Waals surface area contributed by atoms with Crippen molar-refractivity contribution in [2.45, 2.75) is 13.5 Å². The van der Waals surface area contributed by atoms with E-state index in [4.69, 9.17) is 15.2 Å². The smallest absolute Gasteiger partial charge is 0.189 e. The van der Waals surface area contributed by atoms with E-state index < -0.39 is 0 Å². The number of ether oxygens (including phenoxy) is 2. The summed E-state index contributed by atoms with van der Waals surface area (Å²) in [5.41, 5.74) is 8.57. The van der Waals surface area contributed by atoms with Gasteiger partial charge in [0.25, 0.3) is 0 Å². The fourth-order valence-electron chi connectivity index (χ4n) is 1.61. The molecule has 2 aromatic rings. The van der Waals surface area contributed by atoms with Crippen LogP contribution in [0.3, 0.4) is 0 Å². The van der Waals surface area contributed by atoms with Gasteiger partial charge in [-0.25, -0.2) is 0 Å². The van der Waals surface area contributed by atoms with Crippen LogP contribution in [0, 0.1) is 6.92 Å². The number of rotatable bonds is 5. The largest absolute Gasteiger partial charge is 0.467 e. The van der Waals surface area contributed by atoms with E-state index in [0.29, 0.717) is 12.3 Å². The minimum atomic E-state index is 0.221. The molecule has 18 heavy (non-hydrogen) atoms. The summed E-state index contributed by atoms with van der Waals surface area (Å²) in [4.78, 5) is 0. The molecule has 0 bridgehead atoms. The van der Waals surface area contributed by atoms with E-state index >= 15 is 0 Å². The summed E-state index contributed by atoms with van der Waals surface area (Å²) in [6.45, 7) is 2.74. The number of hydrogen-bond acceptors (Lipinski definition) is 3. The summed E-state index contributed by atoms with van der Waals surface area (Å²) >= 11 is 0. The first-order chi connectivity index (χ1) is 8.75. The molecule has 0 aliphatic carbocycles. The van der Waals surface area contributed by atoms with Crippen molar-refractivity contribution in [2.75, 3.05) is 12.5 Å². The number of nitrogen functional groups attached to an aromatic ring is 1. The Morgan fingerprint density at radius 2 is 1.83 bits per heavy atom. The molecule has 0 saturated heterocycles. The van der Waals surface area contributed by atoms with Crippen molar-refractivity contribution >= 4 is 5.69 Å². The lowest BCUT2D eigenvalue weighted by atomic mass is 10.2. The molecule has 94 valence electrons. The van der Waals surface area contributed by atoms with Crippen LogP contribution >= 0.6 is 0 Å². The Balaban J connectivity index is 1.80. The average molecular weight is 243 g/mol. The molecule has 0 spiro atoms. The maximum atomic E-state index is 5.70. The Kier molecular flexibility index (Phi) is 4.20. The van der Waals surface area contributed by atoms with E-state index in [1.807, 2.05) is 49.4 Å². The van der Waals surface area contributed by atoms with Crippen molar-refractivity contribution in [1.82, 2.24) is 0 Å². The zero-order valence-corrected chi connectivity index (χ0v) is 10.4. The van der Waals surface area contributed by atoms with Crippen LogP contribution in [0.1, 0.15) is 11.1 Å². The molecule has 3 nitrogen and oxygen atoms in total. The van der Waals surface area contributed by atoms with Crippen molar-refractivity contribution in [3.8, 4) is 5.75 Å². The second kappa shape index (κ2) is 6.07. The number of aryl methyl sites for hydroxylation is 1. The van der Waals surface area contributed by atoms with Gasteiger partial charge in [-0.15, -0.1) is 0 Å². The Morgan fingerprint density at radius 3 is 2.61 bits per heavy atom. The summed E-state index contributed by atoms with van der Waals surface area (Å²) < 4.78 is 11.0. The lowest BCUT2D eigenvalue weighted by molar-refractivity contribution is 0.00472. The minimum absolute atomic E-state index is 0.221. The predicted octanol–water partition coefficient (Wildman–Crippen LogP) is 3.13. The molecule has 0 radical (unpaired) electrons. The molecule has 0 amide bonds. The van der Waals surface area contributed by atoms with E-state index in [0.717, 1.165) is 16.9 Å². The highest BCUT2D eigenvalue weighted by Crippen LogP contribution is 2.20. The maximum Gasteiger partial charge on any atom is 0.189 e. The van der Waals surface area contributed by atoms with E-state index in [1.54, 1.807) is 6.07 Å². The zero-order chi connectivity index (χ0) is 12.8. The van der Waals surface area contributed by atoms with E-state index in [9.17, 15) is 0 Å². The molecule has 0 atom stereocenters. The van der Waals surface area contributed by atoms with Crippen LogP contribution in [0.25, 0.3) is 0 Å². The van der Waals surface area contributed by atoms with Crippen LogP contribution in [0.15, 0.2) is 48.5 Å². The molecule has 0 aliphatic rings. The Morgan fingerprint density at radius 1 is 1.06 bits per heavy atom. The van der Waals surface area contributed by atoms with Gasteiger partial charge in [-0.2, -0.15) is 0 Å². The molecule has 3 heteroatoms. The maximum absolute atomic E-state index is 5.70. The molecule has 0 unspecified atom stereocenters. The number of benzene rings is 2. The van der Waals surface area contributed by atoms with Gasteiger partial charge in [-0.05, 0) is 24.1 Å². The quantitative estimate of drug-likeness (QED) is 0.498. The number of nitrogens with two attached hydrogens (primary N) is 1. The topological polar surface area (TPSA) is 44.5 Å². The van der Waals surface area contributed by atoms with Crippen molar-refractivity contribution in [1.29, 1.82) is 0 Å². The number of anilines is 1. The summed E-state index contributed by atoms with van der Waals surface area (Å²) in [5, 5.41) is 0. The standard InChI is InChI=1S/C15H17NO2/c1-12-7-8-14(16)9-15(12)18-11-17-10-13-5-3-2-4-6-13/h2-9H,10-11,16H2,1H3. The van der Waals surface area contributed by atoms with Gasteiger partial charge in [0.2, 0.25) is 0 Å². The highest BCUT2D eigenvalue weighted by atomic mass is 16.7. The molecule has 0 heterocycles. The molecule has 0 aliphatic heterocycles. The minimum Gasteiger partial charge on any atom is -0.467 e. The lowest BCUT2D eigenvalue weighted by Gasteiger charge is -2.10. The molecular weight excluding hydrogens is 226 g/mol. The second-order valence-electron chi connectivity index (χ2n) is 4.12. The van der Waals surface area contributed by atoms with Gasteiger partial charge < -0.3 is 15.2 Å². The summed E-state index contributed by atoms with van der Waals surface area (Å²) in [7, 11) is 0. The summed E-state index contributed by atoms with van der Waals surface area (Å²) in [6.07, 6.45) is 0. The predicted molar refractivity (Wildman–Crippen MR) is 72.3 cm³/mol. The van der Waals surface area contributed by atoms with Crippen LogP contribution in [0.4, 0.5) is 5.69 Å². The van der Waals surface area contributed by atoms with E-state index in [2.05, 4.69) is 0 Å². The molecule has 2 aromatic carbocycles. The lowest BCUT2D eigenvalue weighted by Crippen LogP contribution is -2.04. The van der Waals surface area contributed by atoms with Gasteiger partial charge in [-0.3, -0.25) is 0 Å². The molecule has 0 saturated carbocycles. The molecule has 2 N–H and O–H groups in total. The van der Waals surface area contributed by atoms with Gasteiger partial charge in [0, 0.05) is 11.8 Å². The molecule has 2 rings (SSSR count). The molecule has 0 aromatic heterocycles. The first kappa shape index (κ1) is 12.5. The fourth-order valence-corrected chi connectivity index (χ4v) is 1.61. The monoisotopic (exact) mass is 243 g/mol. The highest BCUT2D eigenvalue weighted by Gasteiger charge is 2.00. The summed E-state index contributed by atoms with van der Waals surface area (Å²) in [5.74, 6) is 0.767. The normalized spacial score (nSPS) is 10.3. The van der Waals surface area contributed by atoms with Crippen molar-refractivity contribution in [2.24, 2.45) is 0 Å². The first-order valence-corrected chi connectivity index (χ1v) is 5.86. The van der Waals surface area contributed by atoms with Crippen molar-refractivity contribution in [3.63, 3.8) is 0 Å². The Labute approximate surface area is 107 Å². The van der Waals surface area contributed by atoms with Gasteiger partial charge in [-0.1, -0.05) is 36.4 Å². The SMILES string of the molecule is Cc1ccc(N)cc1OCOCc1ccccc1. The zero-order valence-electron chi connectivity index (χ0n) is 10.4. The van der Waals surface area contributed by atoms with Gasteiger partial charge in [0.1, 0.15) is 5.75 Å². The van der Waals surface area contributed by atoms with Gasteiger partial charge in [0.05, 0.1) is 6.61 Å². The molecular formula is C15H17NO2. The third kappa shape index (κ3) is 3.50. The Hall–Kier alpha value is -2.00. The van der Waals surface area contributed by atoms with Crippen molar-refractivity contribution in [3.05, 3.63) is 59.7 Å². The van der Waals surface area contributed by atoms with Crippen LogP contribution in [0.5, 0.6) is 5.75 Å². The third-order valence-corrected chi connectivity index (χ3v) is 2.62. The van der Waals surface area contributed by atoms with Gasteiger partial charge in [0.15, 0.2) is 6.79 Å². The van der Waals surface area contributed by atoms with Crippen LogP contribution in [-0.4, -0.2) is 6.79 Å². The van der Waals surface area contributed by atoms with Crippen LogP contribution in [-0.2, 0) is 11.3 Å². The first-order valence-electron chi connectivity index (χ1n) is 5.86. The third-order valence-electron chi connectivity index (χ3n) is 2.62. The highest BCUT2D eigenvalue weighted by molar-refractivity contribution is 5.47. The number of hydrogen-bond donors (Lipinski definition) is 1. The van der Waals surface area contributed by atoms with E-state index in [1.165, 1.54) is 0 Å². The van der Waals surface area contributed by atoms with Crippen LogP contribution in [0.2, 0.25) is 0 Å². The molecule has 0 fully saturated rings. The van der Waals surface area contributed by atoms with Crippen LogP contribution < -0.4 is 10.5 Å².